The second-order valence-electron chi connectivity index (χ2n) is 6.58. The Morgan fingerprint density at radius 2 is 1.78 bits per heavy atom. The number of halogens is 1. The van der Waals surface area contributed by atoms with E-state index < -0.39 is 17.7 Å². The molecule has 0 saturated carbocycles. The van der Waals surface area contributed by atoms with E-state index in [1.165, 1.54) is 4.90 Å². The molecular formula is C20H20ClN3O3. The minimum Gasteiger partial charge on any atom is -0.507 e. The van der Waals surface area contributed by atoms with Gasteiger partial charge in [-0.3, -0.25) is 14.6 Å². The molecule has 1 fully saturated rings. The number of aliphatic hydroxyl groups is 1. The minimum atomic E-state index is -0.692. The number of aliphatic hydroxyl groups excluding tert-OH is 1. The summed E-state index contributed by atoms with van der Waals surface area (Å²) in [6.45, 7) is 0.956. The Balaban J connectivity index is 2.12. The zero-order chi connectivity index (χ0) is 19.6. The maximum Gasteiger partial charge on any atom is 0.295 e. The van der Waals surface area contributed by atoms with Gasteiger partial charge in [-0.1, -0.05) is 11.6 Å². The summed E-state index contributed by atoms with van der Waals surface area (Å²) in [6, 6.07) is 9.31. The van der Waals surface area contributed by atoms with Crippen molar-refractivity contribution in [1.82, 2.24) is 14.8 Å². The number of pyridine rings is 1. The maximum absolute atomic E-state index is 12.8. The number of ketones is 1. The van der Waals surface area contributed by atoms with Crippen molar-refractivity contribution in [3.8, 4) is 0 Å². The number of carbonyl (C=O) groups is 2. The summed E-state index contributed by atoms with van der Waals surface area (Å²) in [7, 11) is 3.79. The third kappa shape index (κ3) is 3.86. The van der Waals surface area contributed by atoms with E-state index in [4.69, 9.17) is 11.6 Å². The highest BCUT2D eigenvalue weighted by molar-refractivity contribution is 6.46. The molecule has 3 rings (SSSR count). The van der Waals surface area contributed by atoms with E-state index in [-0.39, 0.29) is 11.3 Å². The van der Waals surface area contributed by atoms with Crippen molar-refractivity contribution in [2.75, 3.05) is 27.2 Å². The summed E-state index contributed by atoms with van der Waals surface area (Å²) in [4.78, 5) is 32.9. The number of amides is 1. The number of nitrogens with zero attached hydrogens (tertiary/aromatic N) is 3. The van der Waals surface area contributed by atoms with Crippen LogP contribution in [0.4, 0.5) is 0 Å². The fraction of sp³-hybridized carbons (Fsp3) is 0.250. The average Bonchev–Trinajstić information content (AvgIpc) is 2.91. The molecule has 0 bridgehead atoms. The van der Waals surface area contributed by atoms with Gasteiger partial charge in [0.15, 0.2) is 0 Å². The van der Waals surface area contributed by atoms with E-state index in [9.17, 15) is 14.7 Å². The standard InChI is InChI=1S/C20H20ClN3O3/c1-23(2)11-12-24-17(13-7-9-22-10-8-13)16(19(26)20(24)27)18(25)14-3-5-15(21)6-4-14/h3-10,17,25H,11-12H2,1-2H3/b18-16+. The number of aromatic nitrogens is 1. The zero-order valence-corrected chi connectivity index (χ0v) is 15.8. The van der Waals surface area contributed by atoms with E-state index in [2.05, 4.69) is 4.98 Å². The van der Waals surface area contributed by atoms with Crippen LogP contribution in [0, 0.1) is 0 Å². The SMILES string of the molecule is CN(C)CCN1C(=O)C(=O)/C(=C(/O)c2ccc(Cl)cc2)C1c1ccncc1. The summed E-state index contributed by atoms with van der Waals surface area (Å²) in [6.07, 6.45) is 3.20. The van der Waals surface area contributed by atoms with Crippen LogP contribution in [-0.4, -0.2) is 58.8 Å². The van der Waals surface area contributed by atoms with Crippen LogP contribution in [0.25, 0.3) is 5.76 Å². The molecule has 1 atom stereocenters. The van der Waals surface area contributed by atoms with Gasteiger partial charge in [0.05, 0.1) is 11.6 Å². The predicted octanol–water partition coefficient (Wildman–Crippen LogP) is 2.72. The largest absolute Gasteiger partial charge is 0.507 e. The summed E-state index contributed by atoms with van der Waals surface area (Å²) in [5.74, 6) is -1.52. The van der Waals surface area contributed by atoms with Crippen LogP contribution >= 0.6 is 11.6 Å². The normalized spacial score (nSPS) is 19.1. The first-order valence-corrected chi connectivity index (χ1v) is 8.87. The first-order chi connectivity index (χ1) is 12.9. The van der Waals surface area contributed by atoms with Gasteiger partial charge in [-0.15, -0.1) is 0 Å². The number of likely N-dealkylation sites (tertiary alicyclic amines) is 1. The van der Waals surface area contributed by atoms with Crippen LogP contribution in [0.3, 0.4) is 0 Å². The average molecular weight is 386 g/mol. The molecule has 1 amide bonds. The first kappa shape index (κ1) is 19.1. The zero-order valence-electron chi connectivity index (χ0n) is 15.1. The Kier molecular flexibility index (Phi) is 5.58. The molecule has 140 valence electrons. The van der Waals surface area contributed by atoms with Crippen LogP contribution in [0.1, 0.15) is 17.2 Å². The van der Waals surface area contributed by atoms with Gasteiger partial charge in [-0.05, 0) is 56.1 Å². The molecule has 0 spiro atoms. The highest BCUT2D eigenvalue weighted by Gasteiger charge is 2.45. The molecule has 27 heavy (non-hydrogen) atoms. The molecule has 1 unspecified atom stereocenters. The van der Waals surface area contributed by atoms with Crippen LogP contribution in [-0.2, 0) is 9.59 Å². The molecule has 6 nitrogen and oxygen atoms in total. The second-order valence-corrected chi connectivity index (χ2v) is 7.02. The Labute approximate surface area is 162 Å². The third-order valence-electron chi connectivity index (χ3n) is 4.47. The topological polar surface area (TPSA) is 73.7 Å². The number of likely N-dealkylation sites (N-methyl/N-ethyl adjacent to an activating group) is 1. The Hall–Kier alpha value is -2.70. The summed E-state index contributed by atoms with van der Waals surface area (Å²) in [5.41, 5.74) is 1.23. The minimum absolute atomic E-state index is 0.0762. The fourth-order valence-corrected chi connectivity index (χ4v) is 3.20. The van der Waals surface area contributed by atoms with E-state index >= 15 is 0 Å². The van der Waals surface area contributed by atoms with Crippen molar-refractivity contribution in [3.63, 3.8) is 0 Å². The molecule has 2 heterocycles. The molecule has 1 saturated heterocycles. The Morgan fingerprint density at radius 3 is 2.37 bits per heavy atom. The lowest BCUT2D eigenvalue weighted by Crippen LogP contribution is -2.35. The third-order valence-corrected chi connectivity index (χ3v) is 4.72. The molecule has 0 radical (unpaired) electrons. The molecular weight excluding hydrogens is 366 g/mol. The number of hydrogen-bond donors (Lipinski definition) is 1. The molecule has 0 aliphatic carbocycles. The summed E-state index contributed by atoms with van der Waals surface area (Å²) in [5, 5.41) is 11.4. The molecule has 1 aromatic heterocycles. The van der Waals surface area contributed by atoms with E-state index in [0.717, 1.165) is 5.56 Å². The fourth-order valence-electron chi connectivity index (χ4n) is 3.07. The van der Waals surface area contributed by atoms with Gasteiger partial charge in [0.1, 0.15) is 5.76 Å². The van der Waals surface area contributed by atoms with Crippen molar-refractivity contribution in [3.05, 3.63) is 70.5 Å². The van der Waals surface area contributed by atoms with Crippen LogP contribution in [0.15, 0.2) is 54.4 Å². The number of rotatable bonds is 5. The van der Waals surface area contributed by atoms with Gasteiger partial charge < -0.3 is 14.9 Å². The van der Waals surface area contributed by atoms with E-state index in [1.54, 1.807) is 48.8 Å². The maximum atomic E-state index is 12.8. The lowest BCUT2D eigenvalue weighted by atomic mass is 9.96. The summed E-state index contributed by atoms with van der Waals surface area (Å²) >= 11 is 5.91. The number of Topliss-reactive ketones (excluding diaryl/α,β-unsaturated/α-hetero) is 1. The highest BCUT2D eigenvalue weighted by atomic mass is 35.5. The van der Waals surface area contributed by atoms with Crippen LogP contribution < -0.4 is 0 Å². The van der Waals surface area contributed by atoms with Crippen molar-refractivity contribution in [2.24, 2.45) is 0 Å². The van der Waals surface area contributed by atoms with Crippen molar-refractivity contribution in [2.45, 2.75) is 6.04 Å². The van der Waals surface area contributed by atoms with Crippen molar-refractivity contribution < 1.29 is 14.7 Å². The number of carbonyl (C=O) groups excluding carboxylic acids is 2. The summed E-state index contributed by atoms with van der Waals surface area (Å²) < 4.78 is 0. The number of benzene rings is 1. The van der Waals surface area contributed by atoms with Crippen molar-refractivity contribution in [1.29, 1.82) is 0 Å². The molecule has 2 aromatic rings. The van der Waals surface area contributed by atoms with Gasteiger partial charge in [-0.2, -0.15) is 0 Å². The monoisotopic (exact) mass is 385 g/mol. The van der Waals surface area contributed by atoms with Gasteiger partial charge in [0.25, 0.3) is 11.7 Å². The van der Waals surface area contributed by atoms with Crippen LogP contribution in [0.2, 0.25) is 5.02 Å². The van der Waals surface area contributed by atoms with E-state index in [1.807, 2.05) is 19.0 Å². The van der Waals surface area contributed by atoms with Crippen molar-refractivity contribution >= 4 is 29.1 Å². The quantitative estimate of drug-likeness (QED) is 0.486. The molecule has 1 N–H and O–H groups in total. The Morgan fingerprint density at radius 1 is 1.15 bits per heavy atom. The molecule has 1 aromatic carbocycles. The van der Waals surface area contributed by atoms with Gasteiger partial charge in [0, 0.05) is 36.1 Å². The lowest BCUT2D eigenvalue weighted by Gasteiger charge is -2.26. The smallest absolute Gasteiger partial charge is 0.295 e. The van der Waals surface area contributed by atoms with Gasteiger partial charge in [-0.25, -0.2) is 0 Å². The van der Waals surface area contributed by atoms with Gasteiger partial charge >= 0.3 is 0 Å². The molecule has 1 aliphatic heterocycles. The van der Waals surface area contributed by atoms with Gasteiger partial charge in [0.2, 0.25) is 0 Å². The highest BCUT2D eigenvalue weighted by Crippen LogP contribution is 2.39. The molecule has 7 heteroatoms. The van der Waals surface area contributed by atoms with E-state index in [0.29, 0.717) is 23.7 Å². The lowest BCUT2D eigenvalue weighted by molar-refractivity contribution is -0.140. The Bertz CT molecular complexity index is 879. The number of hydrogen-bond acceptors (Lipinski definition) is 5. The van der Waals surface area contributed by atoms with Crippen LogP contribution in [0.5, 0.6) is 0 Å². The molecule has 1 aliphatic rings. The second kappa shape index (κ2) is 7.90. The predicted molar refractivity (Wildman–Crippen MR) is 103 cm³/mol. The first-order valence-electron chi connectivity index (χ1n) is 8.49.